The molecule has 2 aromatic carbocycles. The number of rotatable bonds is 9. The van der Waals surface area contributed by atoms with Crippen molar-refractivity contribution in [3.05, 3.63) is 102 Å². The maximum Gasteiger partial charge on any atom is 0.212 e. The van der Waals surface area contributed by atoms with Gasteiger partial charge in [0.05, 0.1) is 7.11 Å². The molecule has 0 radical (unpaired) electrons. The Labute approximate surface area is 206 Å². The van der Waals surface area contributed by atoms with Gasteiger partial charge in [-0.15, -0.1) is 0 Å². The van der Waals surface area contributed by atoms with Crippen molar-refractivity contribution < 1.29 is 14.3 Å². The molecule has 5 rings (SSSR count). The van der Waals surface area contributed by atoms with Crippen LogP contribution in [0, 0.1) is 5.92 Å². The van der Waals surface area contributed by atoms with E-state index in [1.165, 1.54) is 0 Å². The summed E-state index contributed by atoms with van der Waals surface area (Å²) in [6.45, 7) is 0. The Morgan fingerprint density at radius 3 is 2.49 bits per heavy atom. The Balaban J connectivity index is 0.00000289. The van der Waals surface area contributed by atoms with Gasteiger partial charge >= 0.3 is 0 Å². The third-order valence-corrected chi connectivity index (χ3v) is 6.60. The molecule has 4 aromatic rings. The average molecular weight is 467 g/mol. The summed E-state index contributed by atoms with van der Waals surface area (Å²) >= 11 is 0. The van der Waals surface area contributed by atoms with Crippen molar-refractivity contribution in [2.24, 2.45) is 5.92 Å². The van der Waals surface area contributed by atoms with E-state index in [1.54, 1.807) is 25.6 Å². The first-order chi connectivity index (χ1) is 16.6. The first kappa shape index (κ1) is 24.3. The zero-order valence-corrected chi connectivity index (χ0v) is 19.1. The smallest absolute Gasteiger partial charge is 0.212 e. The Morgan fingerprint density at radius 1 is 0.943 bits per heavy atom. The van der Waals surface area contributed by atoms with Gasteiger partial charge in [-0.3, -0.25) is 14.6 Å². The number of ketones is 2. The number of ether oxygens (including phenoxy) is 1. The lowest BCUT2D eigenvalue weighted by molar-refractivity contribution is -0.119. The minimum Gasteiger partial charge on any atom is -0.481 e. The van der Waals surface area contributed by atoms with Crippen LogP contribution >= 0.6 is 0 Å². The topological polar surface area (TPSA) is 69.2 Å². The highest BCUT2D eigenvalue weighted by atomic mass is 16.5. The van der Waals surface area contributed by atoms with E-state index in [4.69, 9.17) is 4.74 Å². The van der Waals surface area contributed by atoms with Crippen LogP contribution < -0.4 is 4.74 Å². The number of pyridine rings is 2. The summed E-state index contributed by atoms with van der Waals surface area (Å²) in [6, 6.07) is 19.6. The monoisotopic (exact) mass is 466 g/mol. The number of aryl methyl sites for hydroxylation is 1. The third kappa shape index (κ3) is 5.62. The fourth-order valence-corrected chi connectivity index (χ4v) is 4.49. The van der Waals surface area contributed by atoms with E-state index in [1.807, 2.05) is 54.7 Å². The van der Waals surface area contributed by atoms with E-state index in [0.29, 0.717) is 30.7 Å². The molecular formula is C30H30N2O3. The Morgan fingerprint density at radius 2 is 1.74 bits per heavy atom. The SMILES string of the molecule is C.COc1ccc(CCC(=O)c2ccc([C@@H]3C[C@H]3C(=O)Cc3ccc4cnccc4c3)cc2)cn1. The first-order valence-electron chi connectivity index (χ1n) is 11.6. The summed E-state index contributed by atoms with van der Waals surface area (Å²) in [5, 5.41) is 2.19. The number of Topliss-reactive ketones (excluding diaryl/α,β-unsaturated/α-hetero) is 2. The molecule has 2 heterocycles. The van der Waals surface area contributed by atoms with Gasteiger partial charge in [-0.25, -0.2) is 4.98 Å². The van der Waals surface area contributed by atoms with Gasteiger partial charge in [0.25, 0.3) is 0 Å². The van der Waals surface area contributed by atoms with Gasteiger partial charge in [-0.1, -0.05) is 56.0 Å². The molecule has 1 aliphatic carbocycles. The third-order valence-electron chi connectivity index (χ3n) is 6.60. The predicted octanol–water partition coefficient (Wildman–Crippen LogP) is 6.01. The quantitative estimate of drug-likeness (QED) is 0.283. The van der Waals surface area contributed by atoms with E-state index in [9.17, 15) is 9.59 Å². The Kier molecular flexibility index (Phi) is 7.35. The number of aromatic nitrogens is 2. The Hall–Kier alpha value is -3.86. The molecule has 1 aliphatic rings. The molecule has 0 saturated heterocycles. The second-order valence-electron chi connectivity index (χ2n) is 8.90. The van der Waals surface area contributed by atoms with Crippen LogP contribution in [0.3, 0.4) is 0 Å². The van der Waals surface area contributed by atoms with Crippen LogP contribution in [0.2, 0.25) is 0 Å². The average Bonchev–Trinajstić information content (AvgIpc) is 3.69. The summed E-state index contributed by atoms with van der Waals surface area (Å²) in [6.07, 6.45) is 7.76. The maximum absolute atomic E-state index is 12.9. The second kappa shape index (κ2) is 10.6. The van der Waals surface area contributed by atoms with E-state index in [-0.39, 0.29) is 30.8 Å². The molecule has 5 heteroatoms. The zero-order valence-electron chi connectivity index (χ0n) is 19.1. The Bertz CT molecular complexity index is 1330. The van der Waals surface area contributed by atoms with E-state index in [0.717, 1.165) is 33.9 Å². The normalized spacial score (nSPS) is 16.4. The number of carbonyl (C=O) groups excluding carboxylic acids is 2. The maximum atomic E-state index is 12.9. The number of fused-ring (bicyclic) bond motifs is 1. The van der Waals surface area contributed by atoms with Crippen LogP contribution in [-0.2, 0) is 17.6 Å². The molecule has 35 heavy (non-hydrogen) atoms. The van der Waals surface area contributed by atoms with Crippen molar-refractivity contribution in [2.75, 3.05) is 7.11 Å². The molecule has 0 N–H and O–H groups in total. The van der Waals surface area contributed by atoms with Crippen LogP contribution in [0.25, 0.3) is 10.8 Å². The lowest BCUT2D eigenvalue weighted by Gasteiger charge is -2.06. The molecule has 0 aliphatic heterocycles. The van der Waals surface area contributed by atoms with Crippen LogP contribution in [-0.4, -0.2) is 28.6 Å². The number of carbonyl (C=O) groups is 2. The van der Waals surface area contributed by atoms with E-state index < -0.39 is 0 Å². The first-order valence-corrected chi connectivity index (χ1v) is 11.6. The van der Waals surface area contributed by atoms with Crippen molar-refractivity contribution in [3.63, 3.8) is 0 Å². The summed E-state index contributed by atoms with van der Waals surface area (Å²) in [5.74, 6) is 1.28. The molecule has 2 atom stereocenters. The second-order valence-corrected chi connectivity index (χ2v) is 8.90. The van der Waals surface area contributed by atoms with Gasteiger partial charge in [0.1, 0.15) is 5.78 Å². The highest BCUT2D eigenvalue weighted by Gasteiger charge is 2.43. The standard InChI is InChI=1S/C29H26N2O3.CH4/c1-34-29-11-4-19(17-31-29)3-10-27(32)22-8-6-21(7-9-22)25-16-26(25)28(33)15-20-2-5-24-18-30-13-12-23(24)14-20;/h2,4-9,11-14,17-18,25-26H,3,10,15-16H2,1H3;1H4/t25-,26+;/m0./s1. The molecule has 0 unspecified atom stereocenters. The minimum atomic E-state index is 0. The van der Waals surface area contributed by atoms with Crippen molar-refractivity contribution in [1.29, 1.82) is 0 Å². The number of nitrogens with zero attached hydrogens (tertiary/aromatic N) is 2. The van der Waals surface area contributed by atoms with Crippen LogP contribution in [0.4, 0.5) is 0 Å². The fourth-order valence-electron chi connectivity index (χ4n) is 4.49. The van der Waals surface area contributed by atoms with Crippen molar-refractivity contribution in [2.45, 2.75) is 39.0 Å². The summed E-state index contributed by atoms with van der Waals surface area (Å²) in [4.78, 5) is 33.8. The lowest BCUT2D eigenvalue weighted by atomic mass is 9.99. The van der Waals surface area contributed by atoms with E-state index in [2.05, 4.69) is 16.0 Å². The molecule has 2 aromatic heterocycles. The van der Waals surface area contributed by atoms with Gasteiger partial charge in [0.2, 0.25) is 5.88 Å². The zero-order chi connectivity index (χ0) is 23.5. The summed E-state index contributed by atoms with van der Waals surface area (Å²) in [5.41, 5.74) is 3.90. The molecule has 0 spiro atoms. The number of hydrogen-bond donors (Lipinski definition) is 0. The van der Waals surface area contributed by atoms with Gasteiger partial charge in [0.15, 0.2) is 5.78 Å². The molecule has 178 valence electrons. The molecule has 1 fully saturated rings. The number of methoxy groups -OCH3 is 1. The number of benzene rings is 2. The van der Waals surface area contributed by atoms with Gasteiger partial charge in [-0.2, -0.15) is 0 Å². The minimum absolute atomic E-state index is 0. The van der Waals surface area contributed by atoms with Gasteiger partial charge in [-0.05, 0) is 46.9 Å². The van der Waals surface area contributed by atoms with Gasteiger partial charge < -0.3 is 4.74 Å². The highest BCUT2D eigenvalue weighted by molar-refractivity contribution is 5.96. The van der Waals surface area contributed by atoms with Crippen LogP contribution in [0.1, 0.15) is 53.2 Å². The molecule has 0 bridgehead atoms. The van der Waals surface area contributed by atoms with E-state index >= 15 is 0 Å². The molecule has 5 nitrogen and oxygen atoms in total. The summed E-state index contributed by atoms with van der Waals surface area (Å²) in [7, 11) is 1.58. The lowest BCUT2D eigenvalue weighted by Crippen LogP contribution is -2.06. The molecule has 1 saturated carbocycles. The van der Waals surface area contributed by atoms with Crippen molar-refractivity contribution in [1.82, 2.24) is 9.97 Å². The molecular weight excluding hydrogens is 436 g/mol. The van der Waals surface area contributed by atoms with Gasteiger partial charge in [0, 0.05) is 54.4 Å². The number of hydrogen-bond acceptors (Lipinski definition) is 5. The predicted molar refractivity (Wildman–Crippen MR) is 138 cm³/mol. The molecule has 0 amide bonds. The van der Waals surface area contributed by atoms with Crippen LogP contribution in [0.5, 0.6) is 5.88 Å². The van der Waals surface area contributed by atoms with Crippen molar-refractivity contribution >= 4 is 22.3 Å². The van der Waals surface area contributed by atoms with Crippen molar-refractivity contribution in [3.8, 4) is 5.88 Å². The van der Waals surface area contributed by atoms with Crippen LogP contribution in [0.15, 0.2) is 79.3 Å². The summed E-state index contributed by atoms with van der Waals surface area (Å²) < 4.78 is 5.07. The highest BCUT2D eigenvalue weighted by Crippen LogP contribution is 2.48. The fraction of sp³-hybridized carbons (Fsp3) is 0.267. The largest absolute Gasteiger partial charge is 0.481 e.